The van der Waals surface area contributed by atoms with Gasteiger partial charge in [-0.05, 0) is 37.5 Å². The maximum absolute atomic E-state index is 6.41. The molecule has 5 nitrogen and oxygen atoms in total. The molecule has 0 radical (unpaired) electrons. The van der Waals surface area contributed by atoms with Crippen molar-refractivity contribution in [1.29, 1.82) is 0 Å². The van der Waals surface area contributed by atoms with Crippen LogP contribution in [-0.2, 0) is 12.8 Å². The third-order valence-electron chi connectivity index (χ3n) is 7.64. The van der Waals surface area contributed by atoms with E-state index in [1.54, 1.807) is 0 Å². The molecule has 0 saturated heterocycles. The van der Waals surface area contributed by atoms with Gasteiger partial charge in [0.25, 0.3) is 0 Å². The van der Waals surface area contributed by atoms with Crippen LogP contribution in [0.15, 0.2) is 101 Å². The Labute approximate surface area is 219 Å². The van der Waals surface area contributed by atoms with Gasteiger partial charge in [-0.1, -0.05) is 78.9 Å². The highest BCUT2D eigenvalue weighted by molar-refractivity contribution is 6.18. The van der Waals surface area contributed by atoms with Crippen LogP contribution in [0.5, 0.6) is 0 Å². The third-order valence-corrected chi connectivity index (χ3v) is 7.64. The van der Waals surface area contributed by atoms with Crippen LogP contribution in [0.1, 0.15) is 24.2 Å². The van der Waals surface area contributed by atoms with Crippen LogP contribution >= 0.6 is 0 Å². The number of aromatic nitrogens is 4. The summed E-state index contributed by atoms with van der Waals surface area (Å²) in [6, 6.07) is 33.1. The van der Waals surface area contributed by atoms with E-state index in [0.717, 1.165) is 46.3 Å². The van der Waals surface area contributed by atoms with Crippen molar-refractivity contribution in [1.82, 2.24) is 19.5 Å². The topological polar surface area (TPSA) is 56.7 Å². The normalized spacial score (nSPS) is 13.4. The lowest BCUT2D eigenvalue weighted by atomic mass is 9.95. The van der Waals surface area contributed by atoms with E-state index in [0.29, 0.717) is 17.6 Å². The molecule has 0 saturated carbocycles. The van der Waals surface area contributed by atoms with Crippen LogP contribution in [0.2, 0.25) is 0 Å². The Morgan fingerprint density at radius 2 is 1.26 bits per heavy atom. The van der Waals surface area contributed by atoms with Crippen LogP contribution in [-0.4, -0.2) is 19.5 Å². The van der Waals surface area contributed by atoms with Gasteiger partial charge in [-0.2, -0.15) is 9.97 Å². The molecule has 3 heterocycles. The second kappa shape index (κ2) is 8.38. The molecular weight excluding hydrogens is 468 g/mol. The molecule has 0 fully saturated rings. The van der Waals surface area contributed by atoms with Crippen LogP contribution in [0.25, 0.3) is 61.5 Å². The Balaban J connectivity index is 1.51. The van der Waals surface area contributed by atoms with E-state index in [-0.39, 0.29) is 0 Å². The highest BCUT2D eigenvalue weighted by atomic mass is 16.3. The van der Waals surface area contributed by atoms with Crippen molar-refractivity contribution >= 4 is 32.8 Å². The van der Waals surface area contributed by atoms with Gasteiger partial charge < -0.3 is 4.42 Å². The van der Waals surface area contributed by atoms with Gasteiger partial charge in [-0.3, -0.25) is 4.57 Å². The van der Waals surface area contributed by atoms with Gasteiger partial charge in [-0.15, -0.1) is 0 Å². The summed E-state index contributed by atoms with van der Waals surface area (Å²) in [4.78, 5) is 15.1. The molecule has 1 aliphatic rings. The molecule has 0 amide bonds. The molecule has 0 spiro atoms. The number of rotatable bonds is 3. The van der Waals surface area contributed by atoms with Gasteiger partial charge in [0.05, 0.1) is 11.0 Å². The minimum atomic E-state index is 0.613. The highest BCUT2D eigenvalue weighted by Gasteiger charge is 2.25. The van der Waals surface area contributed by atoms with Crippen molar-refractivity contribution in [3.8, 4) is 28.7 Å². The minimum absolute atomic E-state index is 0.613. The molecule has 5 heteroatoms. The van der Waals surface area contributed by atoms with E-state index in [4.69, 9.17) is 19.4 Å². The van der Waals surface area contributed by atoms with Crippen molar-refractivity contribution in [2.24, 2.45) is 0 Å². The van der Waals surface area contributed by atoms with Crippen LogP contribution in [0.3, 0.4) is 0 Å². The summed E-state index contributed by atoms with van der Waals surface area (Å²) in [5.74, 6) is 3.05. The molecule has 38 heavy (non-hydrogen) atoms. The maximum atomic E-state index is 6.41. The number of aryl methyl sites for hydroxylation is 2. The Morgan fingerprint density at radius 3 is 2.00 bits per heavy atom. The highest BCUT2D eigenvalue weighted by Crippen LogP contribution is 2.41. The van der Waals surface area contributed by atoms with E-state index < -0.39 is 0 Å². The number of para-hydroxylation sites is 1. The fraction of sp³-hybridized carbons (Fsp3) is 0.121. The number of furan rings is 1. The van der Waals surface area contributed by atoms with Gasteiger partial charge in [0.1, 0.15) is 11.3 Å². The molecule has 1 aliphatic carbocycles. The van der Waals surface area contributed by atoms with Crippen molar-refractivity contribution in [3.05, 3.63) is 108 Å². The summed E-state index contributed by atoms with van der Waals surface area (Å²) in [5, 5.41) is 3.56. The molecule has 3 aromatic heterocycles. The molecule has 0 unspecified atom stereocenters. The van der Waals surface area contributed by atoms with Gasteiger partial charge >= 0.3 is 0 Å². The zero-order valence-electron chi connectivity index (χ0n) is 20.8. The quantitative estimate of drug-likeness (QED) is 0.251. The number of fused-ring (bicyclic) bond motifs is 7. The van der Waals surface area contributed by atoms with Gasteiger partial charge in [0.2, 0.25) is 5.95 Å². The molecule has 0 atom stereocenters. The second-order valence-corrected chi connectivity index (χ2v) is 9.91. The summed E-state index contributed by atoms with van der Waals surface area (Å²) in [6.07, 6.45) is 4.38. The largest absolute Gasteiger partial charge is 0.461 e. The summed E-state index contributed by atoms with van der Waals surface area (Å²) >= 11 is 0. The molecule has 182 valence electrons. The fourth-order valence-corrected chi connectivity index (χ4v) is 5.91. The molecule has 4 aromatic carbocycles. The molecule has 7 aromatic rings. The van der Waals surface area contributed by atoms with Crippen molar-refractivity contribution < 1.29 is 4.42 Å². The van der Waals surface area contributed by atoms with Gasteiger partial charge in [0, 0.05) is 39.3 Å². The molecule has 0 N–H and O–H groups in total. The first-order valence-corrected chi connectivity index (χ1v) is 13.2. The summed E-state index contributed by atoms with van der Waals surface area (Å²) in [6.45, 7) is 0. The SMILES string of the molecule is c1ccc(-c2nc(-c3ccccc3)nc(-n3c4ccccc4c4ccc5oc6c(c5c43)CCCC6)n2)cc1. The van der Waals surface area contributed by atoms with E-state index in [9.17, 15) is 0 Å². The predicted octanol–water partition coefficient (Wildman–Crippen LogP) is 7.93. The fourth-order valence-electron chi connectivity index (χ4n) is 5.91. The lowest BCUT2D eigenvalue weighted by Crippen LogP contribution is -2.07. The van der Waals surface area contributed by atoms with Crippen molar-refractivity contribution in [2.75, 3.05) is 0 Å². The zero-order chi connectivity index (χ0) is 25.1. The van der Waals surface area contributed by atoms with E-state index in [2.05, 4.69) is 41.0 Å². The minimum Gasteiger partial charge on any atom is -0.461 e. The lowest BCUT2D eigenvalue weighted by molar-refractivity contribution is 0.506. The lowest BCUT2D eigenvalue weighted by Gasteiger charge is -2.12. The predicted molar refractivity (Wildman–Crippen MR) is 151 cm³/mol. The Bertz CT molecular complexity index is 1910. The first kappa shape index (κ1) is 21.3. The number of benzene rings is 4. The Hall–Kier alpha value is -4.77. The van der Waals surface area contributed by atoms with Gasteiger partial charge in [0.15, 0.2) is 11.6 Å². The monoisotopic (exact) mass is 492 g/mol. The van der Waals surface area contributed by atoms with E-state index in [1.807, 2.05) is 60.7 Å². The summed E-state index contributed by atoms with van der Waals surface area (Å²) < 4.78 is 8.63. The number of hydrogen-bond donors (Lipinski definition) is 0. The summed E-state index contributed by atoms with van der Waals surface area (Å²) in [5.41, 5.74) is 6.38. The number of nitrogens with zero attached hydrogens (tertiary/aromatic N) is 4. The number of hydrogen-bond acceptors (Lipinski definition) is 4. The average molecular weight is 493 g/mol. The maximum Gasteiger partial charge on any atom is 0.238 e. The van der Waals surface area contributed by atoms with E-state index in [1.165, 1.54) is 34.6 Å². The Morgan fingerprint density at radius 1 is 0.605 bits per heavy atom. The zero-order valence-corrected chi connectivity index (χ0v) is 20.8. The Kier molecular flexibility index (Phi) is 4.71. The third kappa shape index (κ3) is 3.21. The van der Waals surface area contributed by atoms with Crippen LogP contribution in [0, 0.1) is 0 Å². The van der Waals surface area contributed by atoms with Crippen molar-refractivity contribution in [2.45, 2.75) is 25.7 Å². The van der Waals surface area contributed by atoms with E-state index >= 15 is 0 Å². The summed E-state index contributed by atoms with van der Waals surface area (Å²) in [7, 11) is 0. The molecule has 8 rings (SSSR count). The van der Waals surface area contributed by atoms with Crippen LogP contribution in [0.4, 0.5) is 0 Å². The first-order chi connectivity index (χ1) is 18.8. The second-order valence-electron chi connectivity index (χ2n) is 9.91. The average Bonchev–Trinajstić information content (AvgIpc) is 3.53. The molecular formula is C33H24N4O. The van der Waals surface area contributed by atoms with Crippen LogP contribution < -0.4 is 0 Å². The first-order valence-electron chi connectivity index (χ1n) is 13.2. The molecule has 0 aliphatic heterocycles. The van der Waals surface area contributed by atoms with Gasteiger partial charge in [-0.25, -0.2) is 4.98 Å². The standard InChI is InChI=1S/C33H24N4O/c1-3-11-21(12-4-1)31-34-32(22-13-5-2-6-14-22)36-33(35-31)37-26-17-9-7-15-23(26)24-19-20-28-29(30(24)37)25-16-8-10-18-27(25)38-28/h1-7,9,11-15,17,19-20H,8,10,16,18H2. The molecule has 0 bridgehead atoms. The smallest absolute Gasteiger partial charge is 0.238 e. The van der Waals surface area contributed by atoms with Crippen molar-refractivity contribution in [3.63, 3.8) is 0 Å².